The van der Waals surface area contributed by atoms with Gasteiger partial charge >= 0.3 is 0 Å². The van der Waals surface area contributed by atoms with Gasteiger partial charge in [-0.2, -0.15) is 0 Å². The second kappa shape index (κ2) is 3.87. The number of carbonyl (C=O) groups is 1. The highest BCUT2D eigenvalue weighted by Gasteiger charge is 2.14. The third-order valence-corrected chi connectivity index (χ3v) is 3.08. The number of nitrogens with two attached hydrogens (primary N) is 1. The molecule has 0 saturated carbocycles. The van der Waals surface area contributed by atoms with Crippen molar-refractivity contribution in [3.8, 4) is 0 Å². The minimum absolute atomic E-state index is 0.00634. The lowest BCUT2D eigenvalue weighted by molar-refractivity contribution is 0.103. The van der Waals surface area contributed by atoms with Gasteiger partial charge in [0.1, 0.15) is 0 Å². The summed E-state index contributed by atoms with van der Waals surface area (Å²) in [7, 11) is 0. The first-order valence-corrected chi connectivity index (χ1v) is 5.51. The van der Waals surface area contributed by atoms with Crippen LogP contribution in [0.1, 0.15) is 21.5 Å². The summed E-state index contributed by atoms with van der Waals surface area (Å²) >= 11 is 1.39. The number of nitrogen functional groups attached to an aromatic ring is 1. The standard InChI is InChI=1S/C12H11NOS/c1-8-4-2-3-5-9(8)11(14)10-6-7-15-12(10)13/h2-7H,13H2,1H3. The number of aryl methyl sites for hydroxylation is 1. The molecule has 0 saturated heterocycles. The second-order valence-electron chi connectivity index (χ2n) is 3.34. The van der Waals surface area contributed by atoms with Gasteiger partial charge in [-0.1, -0.05) is 24.3 Å². The van der Waals surface area contributed by atoms with Gasteiger partial charge in [0, 0.05) is 5.56 Å². The van der Waals surface area contributed by atoms with E-state index in [1.54, 1.807) is 6.07 Å². The molecule has 0 atom stereocenters. The van der Waals surface area contributed by atoms with Crippen molar-refractivity contribution in [1.29, 1.82) is 0 Å². The van der Waals surface area contributed by atoms with Crippen LogP contribution in [0.3, 0.4) is 0 Å². The van der Waals surface area contributed by atoms with Gasteiger partial charge in [-0.25, -0.2) is 0 Å². The van der Waals surface area contributed by atoms with E-state index in [0.717, 1.165) is 11.1 Å². The minimum Gasteiger partial charge on any atom is -0.390 e. The van der Waals surface area contributed by atoms with Crippen LogP contribution >= 0.6 is 11.3 Å². The highest BCUT2D eigenvalue weighted by Crippen LogP contribution is 2.23. The van der Waals surface area contributed by atoms with E-state index in [-0.39, 0.29) is 5.78 Å². The van der Waals surface area contributed by atoms with Crippen LogP contribution in [0.5, 0.6) is 0 Å². The molecule has 0 bridgehead atoms. The van der Waals surface area contributed by atoms with Gasteiger partial charge in [-0.3, -0.25) is 4.79 Å². The molecule has 1 heterocycles. The summed E-state index contributed by atoms with van der Waals surface area (Å²) in [5.74, 6) is 0.00634. The first kappa shape index (κ1) is 9.93. The summed E-state index contributed by atoms with van der Waals surface area (Å²) in [6.45, 7) is 1.93. The zero-order chi connectivity index (χ0) is 10.8. The van der Waals surface area contributed by atoms with Gasteiger partial charge in [0.25, 0.3) is 0 Å². The Balaban J connectivity index is 2.46. The maximum atomic E-state index is 12.1. The molecule has 0 fully saturated rings. The molecule has 0 unspecified atom stereocenters. The van der Waals surface area contributed by atoms with Crippen molar-refractivity contribution in [2.75, 3.05) is 5.73 Å². The lowest BCUT2D eigenvalue weighted by Crippen LogP contribution is -2.04. The number of benzene rings is 1. The molecule has 0 radical (unpaired) electrons. The molecule has 2 rings (SSSR count). The molecular weight excluding hydrogens is 206 g/mol. The Hall–Kier alpha value is -1.61. The molecule has 0 aliphatic rings. The molecule has 0 aliphatic carbocycles. The van der Waals surface area contributed by atoms with E-state index in [2.05, 4.69) is 0 Å². The van der Waals surface area contributed by atoms with Crippen LogP contribution in [-0.4, -0.2) is 5.78 Å². The van der Waals surface area contributed by atoms with Gasteiger partial charge in [0.2, 0.25) is 0 Å². The Morgan fingerprint density at radius 1 is 1.20 bits per heavy atom. The van der Waals surface area contributed by atoms with E-state index in [9.17, 15) is 4.79 Å². The largest absolute Gasteiger partial charge is 0.390 e. The van der Waals surface area contributed by atoms with Gasteiger partial charge in [-0.05, 0) is 23.9 Å². The van der Waals surface area contributed by atoms with Crippen molar-refractivity contribution < 1.29 is 4.79 Å². The molecule has 0 spiro atoms. The van der Waals surface area contributed by atoms with Crippen LogP contribution in [-0.2, 0) is 0 Å². The van der Waals surface area contributed by atoms with E-state index < -0.39 is 0 Å². The SMILES string of the molecule is Cc1ccccc1C(=O)c1ccsc1N. The molecule has 76 valence electrons. The molecule has 0 aliphatic heterocycles. The van der Waals surface area contributed by atoms with Crippen LogP contribution in [0.2, 0.25) is 0 Å². The first-order valence-electron chi connectivity index (χ1n) is 4.63. The van der Waals surface area contributed by atoms with Gasteiger partial charge in [0.15, 0.2) is 5.78 Å². The molecule has 15 heavy (non-hydrogen) atoms. The van der Waals surface area contributed by atoms with Crippen molar-refractivity contribution in [1.82, 2.24) is 0 Å². The Bertz CT molecular complexity index is 502. The molecule has 2 N–H and O–H groups in total. The summed E-state index contributed by atoms with van der Waals surface area (Å²) in [6.07, 6.45) is 0. The highest BCUT2D eigenvalue weighted by molar-refractivity contribution is 7.14. The Morgan fingerprint density at radius 3 is 2.53 bits per heavy atom. The lowest BCUT2D eigenvalue weighted by atomic mass is 10.0. The number of ketones is 1. The van der Waals surface area contributed by atoms with Crippen molar-refractivity contribution in [3.63, 3.8) is 0 Å². The van der Waals surface area contributed by atoms with Crippen LogP contribution < -0.4 is 5.73 Å². The number of thiophene rings is 1. The number of anilines is 1. The van der Waals surface area contributed by atoms with Gasteiger partial charge < -0.3 is 5.73 Å². The van der Waals surface area contributed by atoms with Crippen LogP contribution in [0.15, 0.2) is 35.7 Å². The van der Waals surface area contributed by atoms with Crippen molar-refractivity contribution in [3.05, 3.63) is 52.4 Å². The fourth-order valence-corrected chi connectivity index (χ4v) is 2.12. The molecule has 2 aromatic rings. The van der Waals surface area contributed by atoms with Crippen LogP contribution in [0.25, 0.3) is 0 Å². The Morgan fingerprint density at radius 2 is 1.93 bits per heavy atom. The first-order chi connectivity index (χ1) is 7.20. The van der Waals surface area contributed by atoms with Crippen LogP contribution in [0.4, 0.5) is 5.00 Å². The average molecular weight is 217 g/mol. The quantitative estimate of drug-likeness (QED) is 0.786. The highest BCUT2D eigenvalue weighted by atomic mass is 32.1. The fourth-order valence-electron chi connectivity index (χ4n) is 1.48. The summed E-state index contributed by atoms with van der Waals surface area (Å²) < 4.78 is 0. The Labute approximate surface area is 92.4 Å². The summed E-state index contributed by atoms with van der Waals surface area (Å²) in [4.78, 5) is 12.1. The smallest absolute Gasteiger partial charge is 0.196 e. The third kappa shape index (κ3) is 1.78. The molecule has 1 aromatic heterocycles. The normalized spacial score (nSPS) is 10.2. The third-order valence-electron chi connectivity index (χ3n) is 2.33. The van der Waals surface area contributed by atoms with Gasteiger partial charge in [-0.15, -0.1) is 11.3 Å². The molecular formula is C12H11NOS. The molecule has 2 nitrogen and oxygen atoms in total. The molecule has 1 aromatic carbocycles. The zero-order valence-electron chi connectivity index (χ0n) is 8.36. The maximum absolute atomic E-state index is 12.1. The lowest BCUT2D eigenvalue weighted by Gasteiger charge is -2.03. The van der Waals surface area contributed by atoms with Gasteiger partial charge in [0.05, 0.1) is 10.6 Å². The number of carbonyl (C=O) groups excluding carboxylic acids is 1. The van der Waals surface area contributed by atoms with Crippen molar-refractivity contribution >= 4 is 22.1 Å². The van der Waals surface area contributed by atoms with Crippen LogP contribution in [0, 0.1) is 6.92 Å². The Kier molecular flexibility index (Phi) is 2.56. The fraction of sp³-hybridized carbons (Fsp3) is 0.0833. The predicted molar refractivity (Wildman–Crippen MR) is 63.3 cm³/mol. The van der Waals surface area contributed by atoms with E-state index in [1.165, 1.54) is 11.3 Å². The second-order valence-corrected chi connectivity index (χ2v) is 4.29. The average Bonchev–Trinajstić information content (AvgIpc) is 2.64. The van der Waals surface area contributed by atoms with E-state index in [1.807, 2.05) is 36.6 Å². The predicted octanol–water partition coefficient (Wildman–Crippen LogP) is 2.87. The number of hydrogen-bond acceptors (Lipinski definition) is 3. The summed E-state index contributed by atoms with van der Waals surface area (Å²) in [5.41, 5.74) is 8.04. The van der Waals surface area contributed by atoms with Crippen molar-refractivity contribution in [2.24, 2.45) is 0 Å². The molecule has 3 heteroatoms. The monoisotopic (exact) mass is 217 g/mol. The number of hydrogen-bond donors (Lipinski definition) is 1. The van der Waals surface area contributed by atoms with E-state index >= 15 is 0 Å². The summed E-state index contributed by atoms with van der Waals surface area (Å²) in [6, 6.07) is 9.31. The number of rotatable bonds is 2. The van der Waals surface area contributed by atoms with Crippen molar-refractivity contribution in [2.45, 2.75) is 6.92 Å². The minimum atomic E-state index is 0.00634. The maximum Gasteiger partial charge on any atom is 0.196 e. The zero-order valence-corrected chi connectivity index (χ0v) is 9.17. The topological polar surface area (TPSA) is 43.1 Å². The summed E-state index contributed by atoms with van der Waals surface area (Å²) in [5, 5.41) is 2.42. The van der Waals surface area contributed by atoms with E-state index in [0.29, 0.717) is 10.6 Å². The van der Waals surface area contributed by atoms with E-state index in [4.69, 9.17) is 5.73 Å². The molecule has 0 amide bonds.